The Labute approximate surface area is 114 Å². The first kappa shape index (κ1) is 14.5. The summed E-state index contributed by atoms with van der Waals surface area (Å²) in [5, 5.41) is 10.4. The van der Waals surface area contributed by atoms with Crippen molar-refractivity contribution in [3.8, 4) is 0 Å². The van der Waals surface area contributed by atoms with Crippen molar-refractivity contribution in [2.75, 3.05) is 33.7 Å². The maximum Gasteiger partial charge on any atom is 0.243 e. The molecular formula is C13H20N2O3S. The molecule has 1 saturated heterocycles. The first-order valence-electron chi connectivity index (χ1n) is 6.26. The largest absolute Gasteiger partial charge is 0.387 e. The molecular weight excluding hydrogens is 264 g/mol. The number of sulfonamides is 1. The van der Waals surface area contributed by atoms with E-state index in [0.717, 1.165) is 0 Å². The van der Waals surface area contributed by atoms with Crippen molar-refractivity contribution >= 4 is 10.0 Å². The number of hydrogen-bond donors (Lipinski definition) is 1. The van der Waals surface area contributed by atoms with Crippen LogP contribution in [0.2, 0.25) is 0 Å². The second kappa shape index (κ2) is 5.20. The molecule has 1 N–H and O–H groups in total. The average molecular weight is 284 g/mol. The predicted octanol–water partition coefficient (Wildman–Crippen LogP) is 0.374. The molecule has 19 heavy (non-hydrogen) atoms. The van der Waals surface area contributed by atoms with Crippen LogP contribution in [0.4, 0.5) is 0 Å². The maximum atomic E-state index is 12.4. The molecule has 106 valence electrons. The molecule has 2 rings (SSSR count). The van der Waals surface area contributed by atoms with Crippen LogP contribution in [0.25, 0.3) is 0 Å². The van der Waals surface area contributed by atoms with Crippen molar-refractivity contribution in [3.63, 3.8) is 0 Å². The second-order valence-electron chi connectivity index (χ2n) is 5.36. The van der Waals surface area contributed by atoms with Gasteiger partial charge in [-0.15, -0.1) is 0 Å². The van der Waals surface area contributed by atoms with Gasteiger partial charge in [-0.1, -0.05) is 18.2 Å². The van der Waals surface area contributed by atoms with E-state index in [1.54, 1.807) is 30.3 Å². The van der Waals surface area contributed by atoms with Gasteiger partial charge in [0.25, 0.3) is 0 Å². The van der Waals surface area contributed by atoms with E-state index in [1.165, 1.54) is 4.31 Å². The highest BCUT2D eigenvalue weighted by molar-refractivity contribution is 7.89. The summed E-state index contributed by atoms with van der Waals surface area (Å²) in [6.07, 6.45) is 0.469. The van der Waals surface area contributed by atoms with Gasteiger partial charge in [-0.3, -0.25) is 0 Å². The third kappa shape index (κ3) is 3.14. The first-order chi connectivity index (χ1) is 8.83. The van der Waals surface area contributed by atoms with E-state index in [2.05, 4.69) is 0 Å². The minimum atomic E-state index is -3.49. The summed E-state index contributed by atoms with van der Waals surface area (Å²) in [6, 6.07) is 8.35. The smallest absolute Gasteiger partial charge is 0.243 e. The van der Waals surface area contributed by atoms with Crippen molar-refractivity contribution in [3.05, 3.63) is 30.3 Å². The SMILES string of the molecule is CN(C)CC1(O)CCN(S(=O)(=O)c2ccccc2)C1. The first-order valence-corrected chi connectivity index (χ1v) is 7.70. The number of nitrogens with zero attached hydrogens (tertiary/aromatic N) is 2. The summed E-state index contributed by atoms with van der Waals surface area (Å²) in [5.74, 6) is 0. The molecule has 1 aliphatic heterocycles. The Balaban J connectivity index is 2.17. The molecule has 1 aliphatic rings. The van der Waals surface area contributed by atoms with Crippen LogP contribution >= 0.6 is 0 Å². The summed E-state index contributed by atoms with van der Waals surface area (Å²) >= 11 is 0. The fourth-order valence-electron chi connectivity index (χ4n) is 2.48. The molecule has 0 aromatic heterocycles. The fraction of sp³-hybridized carbons (Fsp3) is 0.538. The van der Waals surface area contributed by atoms with Gasteiger partial charge in [0.15, 0.2) is 0 Å². The van der Waals surface area contributed by atoms with Crippen LogP contribution in [0, 0.1) is 0 Å². The summed E-state index contributed by atoms with van der Waals surface area (Å²) in [6.45, 7) is 0.984. The van der Waals surface area contributed by atoms with E-state index in [9.17, 15) is 13.5 Å². The zero-order chi connectivity index (χ0) is 14.1. The number of aliphatic hydroxyl groups is 1. The van der Waals surface area contributed by atoms with E-state index < -0.39 is 15.6 Å². The highest BCUT2D eigenvalue weighted by Gasteiger charge is 2.41. The number of β-amino-alcohol motifs (C(OH)–C–C–N with tert-alkyl or cyclic N) is 1. The van der Waals surface area contributed by atoms with Gasteiger partial charge in [0.05, 0.1) is 10.5 Å². The van der Waals surface area contributed by atoms with Gasteiger partial charge in [-0.25, -0.2) is 8.42 Å². The molecule has 0 spiro atoms. The van der Waals surface area contributed by atoms with Gasteiger partial charge in [-0.2, -0.15) is 4.31 Å². The minimum Gasteiger partial charge on any atom is -0.387 e. The standard InChI is InChI=1S/C13H20N2O3S/c1-14(2)10-13(16)8-9-15(11-13)19(17,18)12-6-4-3-5-7-12/h3-7,16H,8-11H2,1-2H3. The van der Waals surface area contributed by atoms with Crippen molar-refractivity contribution < 1.29 is 13.5 Å². The normalized spacial score (nSPS) is 25.1. The summed E-state index contributed by atoms with van der Waals surface area (Å²) < 4.78 is 26.2. The molecule has 1 heterocycles. The van der Waals surface area contributed by atoms with Crippen LogP contribution in [0.5, 0.6) is 0 Å². The highest BCUT2D eigenvalue weighted by atomic mass is 32.2. The van der Waals surface area contributed by atoms with Crippen LogP contribution < -0.4 is 0 Å². The molecule has 0 saturated carbocycles. The van der Waals surface area contributed by atoms with E-state index in [-0.39, 0.29) is 11.4 Å². The lowest BCUT2D eigenvalue weighted by atomic mass is 10.0. The van der Waals surface area contributed by atoms with Crippen LogP contribution in [0.15, 0.2) is 35.2 Å². The Hall–Kier alpha value is -0.950. The Morgan fingerprint density at radius 1 is 1.32 bits per heavy atom. The van der Waals surface area contributed by atoms with Gasteiger partial charge in [-0.05, 0) is 32.6 Å². The van der Waals surface area contributed by atoms with Crippen LogP contribution in [0.1, 0.15) is 6.42 Å². The molecule has 0 aliphatic carbocycles. The van der Waals surface area contributed by atoms with Crippen molar-refractivity contribution in [2.45, 2.75) is 16.9 Å². The zero-order valence-electron chi connectivity index (χ0n) is 11.3. The summed E-state index contributed by atoms with van der Waals surface area (Å²) in [7, 11) is 0.244. The monoisotopic (exact) mass is 284 g/mol. The zero-order valence-corrected chi connectivity index (χ0v) is 12.1. The summed E-state index contributed by atoms with van der Waals surface area (Å²) in [4.78, 5) is 2.16. The Morgan fingerprint density at radius 2 is 1.95 bits per heavy atom. The number of hydrogen-bond acceptors (Lipinski definition) is 4. The van der Waals surface area contributed by atoms with Gasteiger partial charge in [0.2, 0.25) is 10.0 Å². The molecule has 0 bridgehead atoms. The van der Waals surface area contributed by atoms with E-state index in [1.807, 2.05) is 19.0 Å². The van der Waals surface area contributed by atoms with E-state index in [4.69, 9.17) is 0 Å². The molecule has 0 amide bonds. The Bertz CT molecular complexity index is 530. The fourth-order valence-corrected chi connectivity index (χ4v) is 4.02. The molecule has 1 atom stereocenters. The average Bonchev–Trinajstić information content (AvgIpc) is 2.72. The van der Waals surface area contributed by atoms with Crippen molar-refractivity contribution in [1.82, 2.24) is 9.21 Å². The number of rotatable bonds is 4. The molecule has 0 radical (unpaired) electrons. The minimum absolute atomic E-state index is 0.155. The molecule has 1 unspecified atom stereocenters. The van der Waals surface area contributed by atoms with Crippen molar-refractivity contribution in [2.24, 2.45) is 0 Å². The topological polar surface area (TPSA) is 60.9 Å². The van der Waals surface area contributed by atoms with Gasteiger partial charge < -0.3 is 10.0 Å². The lowest BCUT2D eigenvalue weighted by Crippen LogP contribution is -2.43. The van der Waals surface area contributed by atoms with Crippen LogP contribution in [0.3, 0.4) is 0 Å². The molecule has 1 fully saturated rings. The van der Waals surface area contributed by atoms with Crippen LogP contribution in [-0.2, 0) is 10.0 Å². The van der Waals surface area contributed by atoms with Gasteiger partial charge in [0, 0.05) is 19.6 Å². The van der Waals surface area contributed by atoms with E-state index in [0.29, 0.717) is 19.5 Å². The summed E-state index contributed by atoms with van der Waals surface area (Å²) in [5.41, 5.74) is -0.953. The molecule has 1 aromatic rings. The second-order valence-corrected chi connectivity index (χ2v) is 7.30. The molecule has 1 aromatic carbocycles. The van der Waals surface area contributed by atoms with Gasteiger partial charge in [0.1, 0.15) is 0 Å². The third-order valence-electron chi connectivity index (χ3n) is 3.29. The number of benzene rings is 1. The molecule has 6 heteroatoms. The Morgan fingerprint density at radius 3 is 2.53 bits per heavy atom. The third-order valence-corrected chi connectivity index (χ3v) is 5.15. The predicted molar refractivity (Wildman–Crippen MR) is 73.3 cm³/mol. The number of likely N-dealkylation sites (N-methyl/N-ethyl adjacent to an activating group) is 1. The highest BCUT2D eigenvalue weighted by Crippen LogP contribution is 2.27. The quantitative estimate of drug-likeness (QED) is 0.868. The van der Waals surface area contributed by atoms with E-state index >= 15 is 0 Å². The maximum absolute atomic E-state index is 12.4. The van der Waals surface area contributed by atoms with Crippen molar-refractivity contribution in [1.29, 1.82) is 0 Å². The lowest BCUT2D eigenvalue weighted by molar-refractivity contribution is 0.0302. The van der Waals surface area contributed by atoms with Crippen LogP contribution in [-0.4, -0.2) is 62.1 Å². The molecule has 5 nitrogen and oxygen atoms in total. The Kier molecular flexibility index (Phi) is 3.96. The van der Waals surface area contributed by atoms with Gasteiger partial charge >= 0.3 is 0 Å². The lowest BCUT2D eigenvalue weighted by Gasteiger charge is -2.26.